The van der Waals surface area contributed by atoms with E-state index >= 15 is 0 Å². The summed E-state index contributed by atoms with van der Waals surface area (Å²) < 4.78 is 31.3. The molecule has 3 aromatic rings. The first-order valence-corrected chi connectivity index (χ1v) is 10.4. The van der Waals surface area contributed by atoms with Crippen molar-refractivity contribution in [3.63, 3.8) is 0 Å². The molecule has 2 aromatic carbocycles. The van der Waals surface area contributed by atoms with Crippen molar-refractivity contribution in [1.82, 2.24) is 14.7 Å². The van der Waals surface area contributed by atoms with Gasteiger partial charge in [0, 0.05) is 30.8 Å². The molecule has 8 nitrogen and oxygen atoms in total. The van der Waals surface area contributed by atoms with Gasteiger partial charge in [0.15, 0.2) is 11.5 Å². The Morgan fingerprint density at radius 1 is 1.00 bits per heavy atom. The van der Waals surface area contributed by atoms with Gasteiger partial charge in [-0.2, -0.15) is 5.10 Å². The minimum Gasteiger partial charge on any atom is -0.497 e. The van der Waals surface area contributed by atoms with E-state index in [2.05, 4.69) is 5.10 Å². The number of hydrogen-bond acceptors (Lipinski definition) is 6. The minimum atomic E-state index is -0.532. The lowest BCUT2D eigenvalue weighted by atomic mass is 9.98. The molecule has 0 atom stereocenters. The fourth-order valence-corrected chi connectivity index (χ4v) is 3.86. The standard InChI is InChI=1S/C24H24FN3O5/c1-31-17-4-5-18(19(25)12-17)20-6-7-23(29)28(26-20)14-24(30)27-9-8-15-10-21(32-2)22(33-3)11-16(15)13-27/h4-7,10-12H,8-9,13-14H2,1-3H3. The first-order chi connectivity index (χ1) is 15.9. The molecule has 172 valence electrons. The van der Waals surface area contributed by atoms with Gasteiger partial charge in [0.2, 0.25) is 5.91 Å². The summed E-state index contributed by atoms with van der Waals surface area (Å²) in [5.74, 6) is 0.833. The van der Waals surface area contributed by atoms with Gasteiger partial charge in [-0.1, -0.05) is 0 Å². The fraction of sp³-hybridized carbons (Fsp3) is 0.292. The van der Waals surface area contributed by atoms with Crippen LogP contribution in [0.2, 0.25) is 0 Å². The SMILES string of the molecule is COc1ccc(-c2ccc(=O)n(CC(=O)N3CCc4cc(OC)c(OC)cc4C3)n2)c(F)c1. The maximum Gasteiger partial charge on any atom is 0.267 e. The van der Waals surface area contributed by atoms with Gasteiger partial charge in [0.1, 0.15) is 18.1 Å². The second-order valence-corrected chi connectivity index (χ2v) is 7.60. The van der Waals surface area contributed by atoms with Crippen LogP contribution in [0.25, 0.3) is 11.3 Å². The molecule has 0 radical (unpaired) electrons. The van der Waals surface area contributed by atoms with Gasteiger partial charge < -0.3 is 19.1 Å². The van der Waals surface area contributed by atoms with Crippen LogP contribution in [0.1, 0.15) is 11.1 Å². The molecule has 1 amide bonds. The molecule has 1 aromatic heterocycles. The summed E-state index contributed by atoms with van der Waals surface area (Å²) in [6, 6.07) is 10.9. The third-order valence-electron chi connectivity index (χ3n) is 5.67. The summed E-state index contributed by atoms with van der Waals surface area (Å²) in [4.78, 5) is 27.0. The van der Waals surface area contributed by atoms with E-state index in [0.29, 0.717) is 36.8 Å². The molecule has 0 aliphatic carbocycles. The van der Waals surface area contributed by atoms with Crippen molar-refractivity contribution in [2.75, 3.05) is 27.9 Å². The highest BCUT2D eigenvalue weighted by molar-refractivity contribution is 5.76. The Kier molecular flexibility index (Phi) is 6.30. The summed E-state index contributed by atoms with van der Waals surface area (Å²) >= 11 is 0. The molecule has 1 aliphatic rings. The maximum atomic E-state index is 14.5. The van der Waals surface area contributed by atoms with Crippen LogP contribution in [0.15, 0.2) is 47.3 Å². The number of methoxy groups -OCH3 is 3. The van der Waals surface area contributed by atoms with Crippen LogP contribution in [0.3, 0.4) is 0 Å². The number of hydrogen-bond donors (Lipinski definition) is 0. The molecule has 2 heterocycles. The molecule has 4 rings (SSSR count). The molecule has 0 N–H and O–H groups in total. The summed E-state index contributed by atoms with van der Waals surface area (Å²) in [7, 11) is 4.59. The molecule has 0 unspecified atom stereocenters. The zero-order valence-corrected chi connectivity index (χ0v) is 18.6. The predicted octanol–water partition coefficient (Wildman–Crippen LogP) is 2.66. The molecule has 0 bridgehead atoms. The molecule has 0 fully saturated rings. The van der Waals surface area contributed by atoms with Gasteiger partial charge in [0.25, 0.3) is 5.56 Å². The van der Waals surface area contributed by atoms with Crippen LogP contribution in [0, 0.1) is 5.82 Å². The Morgan fingerprint density at radius 2 is 1.73 bits per heavy atom. The van der Waals surface area contributed by atoms with Gasteiger partial charge in [-0.15, -0.1) is 0 Å². The number of ether oxygens (including phenoxy) is 3. The summed E-state index contributed by atoms with van der Waals surface area (Å²) in [5, 5.41) is 4.23. The lowest BCUT2D eigenvalue weighted by Gasteiger charge is -2.29. The van der Waals surface area contributed by atoms with E-state index in [1.54, 1.807) is 25.2 Å². The Balaban J connectivity index is 1.55. The number of nitrogens with zero attached hydrogens (tertiary/aromatic N) is 3. The van der Waals surface area contributed by atoms with Gasteiger partial charge in [-0.05, 0) is 47.9 Å². The Morgan fingerprint density at radius 3 is 2.39 bits per heavy atom. The zero-order chi connectivity index (χ0) is 23.5. The van der Waals surface area contributed by atoms with Gasteiger partial charge in [0.05, 0.1) is 27.0 Å². The topological polar surface area (TPSA) is 82.9 Å². The van der Waals surface area contributed by atoms with Gasteiger partial charge in [-0.25, -0.2) is 9.07 Å². The van der Waals surface area contributed by atoms with E-state index in [0.717, 1.165) is 15.8 Å². The largest absolute Gasteiger partial charge is 0.497 e. The number of carbonyl (C=O) groups is 1. The van der Waals surface area contributed by atoms with Crippen LogP contribution in [-0.4, -0.2) is 48.5 Å². The van der Waals surface area contributed by atoms with E-state index in [1.165, 1.54) is 31.4 Å². The molecule has 9 heteroatoms. The Bertz CT molecular complexity index is 1260. The zero-order valence-electron chi connectivity index (χ0n) is 18.6. The molecular weight excluding hydrogens is 429 g/mol. The summed E-state index contributed by atoms with van der Waals surface area (Å²) in [6.45, 7) is 0.645. The fourth-order valence-electron chi connectivity index (χ4n) is 3.86. The third kappa shape index (κ3) is 4.52. The first-order valence-electron chi connectivity index (χ1n) is 10.4. The molecule has 33 heavy (non-hydrogen) atoms. The number of aromatic nitrogens is 2. The van der Waals surface area contributed by atoms with Crippen LogP contribution in [0.4, 0.5) is 4.39 Å². The third-order valence-corrected chi connectivity index (χ3v) is 5.67. The van der Waals surface area contributed by atoms with Crippen LogP contribution >= 0.6 is 0 Å². The van der Waals surface area contributed by atoms with Crippen molar-refractivity contribution in [2.45, 2.75) is 19.5 Å². The second-order valence-electron chi connectivity index (χ2n) is 7.60. The average Bonchev–Trinajstić information content (AvgIpc) is 2.84. The van der Waals surface area contributed by atoms with Crippen molar-refractivity contribution in [2.24, 2.45) is 0 Å². The highest BCUT2D eigenvalue weighted by Gasteiger charge is 2.23. The highest BCUT2D eigenvalue weighted by atomic mass is 19.1. The first kappa shape index (κ1) is 22.3. The smallest absolute Gasteiger partial charge is 0.267 e. The van der Waals surface area contributed by atoms with E-state index < -0.39 is 11.4 Å². The molecular formula is C24H24FN3O5. The van der Waals surface area contributed by atoms with Crippen molar-refractivity contribution in [1.29, 1.82) is 0 Å². The lowest BCUT2D eigenvalue weighted by molar-refractivity contribution is -0.133. The molecule has 0 saturated carbocycles. The number of benzene rings is 2. The van der Waals surface area contributed by atoms with Crippen LogP contribution < -0.4 is 19.8 Å². The Labute approximate surface area is 190 Å². The number of rotatable bonds is 6. The number of fused-ring (bicyclic) bond motifs is 1. The molecule has 0 saturated heterocycles. The van der Waals surface area contributed by atoms with Crippen LogP contribution in [0.5, 0.6) is 17.2 Å². The molecule has 1 aliphatic heterocycles. The maximum absolute atomic E-state index is 14.5. The van der Waals surface area contributed by atoms with E-state index in [9.17, 15) is 14.0 Å². The monoisotopic (exact) mass is 453 g/mol. The van der Waals surface area contributed by atoms with Crippen molar-refractivity contribution in [3.05, 3.63) is 69.8 Å². The minimum absolute atomic E-state index is 0.213. The average molecular weight is 453 g/mol. The quantitative estimate of drug-likeness (QED) is 0.571. The van der Waals surface area contributed by atoms with E-state index in [-0.39, 0.29) is 23.7 Å². The van der Waals surface area contributed by atoms with Crippen molar-refractivity contribution >= 4 is 5.91 Å². The summed E-state index contributed by atoms with van der Waals surface area (Å²) in [5.41, 5.74) is 2.07. The van der Waals surface area contributed by atoms with Crippen molar-refractivity contribution < 1.29 is 23.4 Å². The number of amides is 1. The molecule has 0 spiro atoms. The summed E-state index contributed by atoms with van der Waals surface area (Å²) in [6.07, 6.45) is 0.654. The van der Waals surface area contributed by atoms with E-state index in [4.69, 9.17) is 14.2 Å². The Hall–Kier alpha value is -3.88. The number of halogens is 1. The lowest BCUT2D eigenvalue weighted by Crippen LogP contribution is -2.40. The van der Waals surface area contributed by atoms with E-state index in [1.807, 2.05) is 12.1 Å². The predicted molar refractivity (Wildman–Crippen MR) is 119 cm³/mol. The van der Waals surface area contributed by atoms with Gasteiger partial charge >= 0.3 is 0 Å². The number of carbonyl (C=O) groups excluding carboxylic acids is 1. The van der Waals surface area contributed by atoms with Crippen molar-refractivity contribution in [3.8, 4) is 28.5 Å². The normalized spacial score (nSPS) is 12.8. The van der Waals surface area contributed by atoms with Crippen LogP contribution in [-0.2, 0) is 24.3 Å². The highest BCUT2D eigenvalue weighted by Crippen LogP contribution is 2.33. The van der Waals surface area contributed by atoms with Gasteiger partial charge in [-0.3, -0.25) is 9.59 Å². The second kappa shape index (κ2) is 9.32.